The number of thioether (sulfide) groups is 1. The van der Waals surface area contributed by atoms with Gasteiger partial charge in [-0.2, -0.15) is 8.78 Å². The summed E-state index contributed by atoms with van der Waals surface area (Å²) in [6, 6.07) is 7.16. The van der Waals surface area contributed by atoms with Crippen LogP contribution in [0, 0.1) is 0 Å². The summed E-state index contributed by atoms with van der Waals surface area (Å²) in [6.45, 7) is 1.49. The molecule has 1 amide bonds. The van der Waals surface area contributed by atoms with E-state index in [9.17, 15) is 22.0 Å². The van der Waals surface area contributed by atoms with Crippen molar-refractivity contribution in [2.24, 2.45) is 0 Å². The van der Waals surface area contributed by atoms with E-state index in [1.807, 2.05) is 0 Å². The van der Waals surface area contributed by atoms with Gasteiger partial charge in [0.1, 0.15) is 10.8 Å². The number of aromatic nitrogens is 1. The molecule has 2 N–H and O–H groups in total. The highest BCUT2D eigenvalue weighted by molar-refractivity contribution is 7.99. The summed E-state index contributed by atoms with van der Waals surface area (Å²) >= 11 is 0.176. The zero-order valence-corrected chi connectivity index (χ0v) is 16.0. The van der Waals surface area contributed by atoms with Crippen LogP contribution in [0.1, 0.15) is 17.3 Å². The van der Waals surface area contributed by atoms with E-state index in [4.69, 9.17) is 4.74 Å². The van der Waals surface area contributed by atoms with Gasteiger partial charge in [-0.05, 0) is 43.0 Å². The van der Waals surface area contributed by atoms with Gasteiger partial charge in [-0.25, -0.2) is 13.4 Å². The quantitative estimate of drug-likeness (QED) is 0.639. The Labute approximate surface area is 159 Å². The van der Waals surface area contributed by atoms with E-state index in [0.29, 0.717) is 5.69 Å². The number of nitrogens with one attached hydrogen (secondary N) is 2. The normalized spacial score (nSPS) is 11.3. The van der Waals surface area contributed by atoms with Crippen LogP contribution < -0.4 is 14.8 Å². The summed E-state index contributed by atoms with van der Waals surface area (Å²) in [6.07, 6.45) is 1.32. The van der Waals surface area contributed by atoms with Crippen molar-refractivity contribution in [3.8, 4) is 5.75 Å². The summed E-state index contributed by atoms with van der Waals surface area (Å²) in [5.74, 6) is -3.26. The van der Waals surface area contributed by atoms with Crippen LogP contribution in [0.4, 0.5) is 20.2 Å². The number of hydrogen-bond acceptors (Lipinski definition) is 6. The van der Waals surface area contributed by atoms with Gasteiger partial charge in [-0.1, -0.05) is 0 Å². The first-order chi connectivity index (χ1) is 12.8. The first-order valence-corrected chi connectivity index (χ1v) is 10.2. The minimum atomic E-state index is -3.50. The number of ether oxygens (including phenoxy) is 1. The van der Waals surface area contributed by atoms with Crippen LogP contribution in [0.2, 0.25) is 0 Å². The van der Waals surface area contributed by atoms with Gasteiger partial charge in [0, 0.05) is 18.0 Å². The molecule has 1 heterocycles. The van der Waals surface area contributed by atoms with E-state index in [0.717, 1.165) is 0 Å². The Morgan fingerprint density at radius 3 is 2.70 bits per heavy atom. The van der Waals surface area contributed by atoms with Crippen LogP contribution in [0.15, 0.2) is 41.6 Å². The Hall–Kier alpha value is -2.40. The Balaban J connectivity index is 2.24. The molecule has 0 aliphatic carbocycles. The molecular weight excluding hydrogens is 400 g/mol. The van der Waals surface area contributed by atoms with Gasteiger partial charge < -0.3 is 10.1 Å². The van der Waals surface area contributed by atoms with Gasteiger partial charge in [0.05, 0.1) is 24.1 Å². The van der Waals surface area contributed by atoms with Gasteiger partial charge in [-0.3, -0.25) is 9.52 Å². The molecule has 0 spiro atoms. The number of methoxy groups -OCH3 is 1. The van der Waals surface area contributed by atoms with Gasteiger partial charge in [0.25, 0.3) is 11.7 Å². The third-order valence-corrected chi connectivity index (χ3v) is 5.34. The number of benzene rings is 1. The average Bonchev–Trinajstić information content (AvgIpc) is 2.62. The summed E-state index contributed by atoms with van der Waals surface area (Å²) in [4.78, 5) is 16.2. The van der Waals surface area contributed by atoms with E-state index in [1.165, 1.54) is 50.6 Å². The van der Waals surface area contributed by atoms with Crippen molar-refractivity contribution in [2.45, 2.75) is 17.7 Å². The number of carbonyl (C=O) groups excluding carboxylic acids is 1. The number of carbonyl (C=O) groups is 1. The van der Waals surface area contributed by atoms with E-state index in [-0.39, 0.29) is 39.5 Å². The highest BCUT2D eigenvalue weighted by Gasteiger charge is 2.18. The maximum absolute atomic E-state index is 12.6. The molecule has 27 heavy (non-hydrogen) atoms. The molecule has 0 saturated heterocycles. The predicted octanol–water partition coefficient (Wildman–Crippen LogP) is 3.42. The summed E-state index contributed by atoms with van der Waals surface area (Å²) < 4.78 is 56.2. The number of halogens is 2. The molecule has 146 valence electrons. The molecule has 1 aromatic carbocycles. The molecule has 2 rings (SSSR count). The molecule has 7 nitrogen and oxygen atoms in total. The lowest BCUT2D eigenvalue weighted by molar-refractivity contribution is 0.102. The van der Waals surface area contributed by atoms with Crippen LogP contribution in [-0.2, 0) is 10.0 Å². The second kappa shape index (κ2) is 9.00. The number of pyridine rings is 1. The maximum atomic E-state index is 12.6. The molecule has 0 atom stereocenters. The fraction of sp³-hybridized carbons (Fsp3) is 0.250. The fourth-order valence-electron chi connectivity index (χ4n) is 2.03. The van der Waals surface area contributed by atoms with Gasteiger partial charge in [-0.15, -0.1) is 0 Å². The number of alkyl halides is 2. The number of anilines is 2. The molecule has 0 radical (unpaired) electrons. The minimum absolute atomic E-state index is 0.00229. The maximum Gasteiger partial charge on any atom is 0.290 e. The highest BCUT2D eigenvalue weighted by atomic mass is 32.2. The SMILES string of the molecule is CCS(=O)(=O)Nc1ccc(NC(=O)c2cccnc2SC(F)F)cc1OC. The molecule has 0 bridgehead atoms. The third kappa shape index (κ3) is 5.79. The lowest BCUT2D eigenvalue weighted by Gasteiger charge is -2.13. The Kier molecular flexibility index (Phi) is 6.97. The van der Waals surface area contributed by atoms with Crippen molar-refractivity contribution in [3.05, 3.63) is 42.1 Å². The second-order valence-electron chi connectivity index (χ2n) is 5.11. The largest absolute Gasteiger partial charge is 0.494 e. The molecule has 0 unspecified atom stereocenters. The van der Waals surface area contributed by atoms with Crippen LogP contribution in [0.3, 0.4) is 0 Å². The number of hydrogen-bond donors (Lipinski definition) is 2. The topological polar surface area (TPSA) is 97.4 Å². The standard InChI is InChI=1S/C16H17F2N3O4S2/c1-3-27(23,24)21-12-7-6-10(9-13(12)25-2)20-14(22)11-5-4-8-19-15(11)26-16(17)18/h4-9,16,21H,3H2,1-2H3,(H,20,22). The van der Waals surface area contributed by atoms with Crippen molar-refractivity contribution in [1.29, 1.82) is 0 Å². The summed E-state index contributed by atoms with van der Waals surface area (Å²) in [5, 5.41) is 2.46. The Morgan fingerprint density at radius 2 is 2.07 bits per heavy atom. The smallest absolute Gasteiger partial charge is 0.290 e. The third-order valence-electron chi connectivity index (χ3n) is 3.32. The fourth-order valence-corrected chi connectivity index (χ4v) is 3.26. The van der Waals surface area contributed by atoms with Crippen LogP contribution in [0.25, 0.3) is 0 Å². The van der Waals surface area contributed by atoms with E-state index in [2.05, 4.69) is 15.0 Å². The first kappa shape index (κ1) is 20.9. The van der Waals surface area contributed by atoms with Crippen LogP contribution in [0.5, 0.6) is 5.75 Å². The summed E-state index contributed by atoms with van der Waals surface area (Å²) in [7, 11) is -2.15. The summed E-state index contributed by atoms with van der Waals surface area (Å²) in [5.41, 5.74) is 0.512. The second-order valence-corrected chi connectivity index (χ2v) is 8.10. The van der Waals surface area contributed by atoms with Gasteiger partial charge in [0.15, 0.2) is 0 Å². The number of nitrogens with zero attached hydrogens (tertiary/aromatic N) is 1. The van der Waals surface area contributed by atoms with Crippen LogP contribution in [-0.4, -0.2) is 37.9 Å². The zero-order chi connectivity index (χ0) is 20.0. The molecule has 11 heteroatoms. The Morgan fingerprint density at radius 1 is 1.33 bits per heavy atom. The molecule has 0 aliphatic heterocycles. The van der Waals surface area contributed by atoms with Crippen molar-refractivity contribution >= 4 is 39.1 Å². The molecule has 0 aliphatic rings. The molecule has 2 aromatic rings. The van der Waals surface area contributed by atoms with Gasteiger partial charge in [0.2, 0.25) is 10.0 Å². The first-order valence-electron chi connectivity index (χ1n) is 7.65. The molecule has 0 fully saturated rings. The van der Waals surface area contributed by atoms with E-state index in [1.54, 1.807) is 0 Å². The van der Waals surface area contributed by atoms with Crippen molar-refractivity contribution in [2.75, 3.05) is 22.9 Å². The van der Waals surface area contributed by atoms with E-state index < -0.39 is 21.7 Å². The number of amides is 1. The minimum Gasteiger partial charge on any atom is -0.494 e. The predicted molar refractivity (Wildman–Crippen MR) is 100 cm³/mol. The van der Waals surface area contributed by atoms with Crippen molar-refractivity contribution < 1.29 is 26.7 Å². The lowest BCUT2D eigenvalue weighted by Crippen LogP contribution is -2.16. The molecule has 1 aromatic heterocycles. The number of sulfonamides is 1. The van der Waals surface area contributed by atoms with E-state index >= 15 is 0 Å². The van der Waals surface area contributed by atoms with Crippen LogP contribution >= 0.6 is 11.8 Å². The monoisotopic (exact) mass is 417 g/mol. The Bertz CT molecular complexity index is 924. The highest BCUT2D eigenvalue weighted by Crippen LogP contribution is 2.30. The lowest BCUT2D eigenvalue weighted by atomic mass is 10.2. The average molecular weight is 417 g/mol. The number of rotatable bonds is 8. The molecule has 0 saturated carbocycles. The van der Waals surface area contributed by atoms with Crippen molar-refractivity contribution in [3.63, 3.8) is 0 Å². The van der Waals surface area contributed by atoms with Crippen molar-refractivity contribution in [1.82, 2.24) is 4.98 Å². The zero-order valence-electron chi connectivity index (χ0n) is 14.4. The van der Waals surface area contributed by atoms with Gasteiger partial charge >= 0.3 is 0 Å². The molecular formula is C16H17F2N3O4S2.